The summed E-state index contributed by atoms with van der Waals surface area (Å²) in [6.07, 6.45) is 0.677. The number of ether oxygens (including phenoxy) is 2. The summed E-state index contributed by atoms with van der Waals surface area (Å²) < 4.78 is 33.2. The van der Waals surface area contributed by atoms with Gasteiger partial charge >= 0.3 is 0 Å². The molecule has 1 aliphatic rings. The summed E-state index contributed by atoms with van der Waals surface area (Å²) in [6.45, 7) is 1.68. The number of benzene rings is 1. The standard InChI is InChI=1S/C14H21NO4S/c1-18-6-7-19-10-12-3-2-4-13(9-12)15-14-5-8-20(16,17)11-14/h2-4,9,14-15H,5-8,10-11H2,1H3. The molecule has 0 spiro atoms. The van der Waals surface area contributed by atoms with E-state index < -0.39 is 9.84 Å². The molecule has 5 nitrogen and oxygen atoms in total. The van der Waals surface area contributed by atoms with Crippen molar-refractivity contribution >= 4 is 15.5 Å². The minimum absolute atomic E-state index is 0.0182. The quantitative estimate of drug-likeness (QED) is 0.772. The molecule has 1 atom stereocenters. The molecule has 6 heteroatoms. The Morgan fingerprint density at radius 1 is 1.35 bits per heavy atom. The van der Waals surface area contributed by atoms with E-state index in [0.29, 0.717) is 26.2 Å². The number of anilines is 1. The smallest absolute Gasteiger partial charge is 0.152 e. The van der Waals surface area contributed by atoms with Crippen LogP contribution in [0.5, 0.6) is 0 Å². The van der Waals surface area contributed by atoms with Gasteiger partial charge in [0.25, 0.3) is 0 Å². The number of nitrogens with one attached hydrogen (secondary N) is 1. The first kappa shape index (κ1) is 15.3. The Hall–Kier alpha value is -1.11. The normalized spacial score (nSPS) is 20.9. The van der Waals surface area contributed by atoms with Crippen molar-refractivity contribution in [2.24, 2.45) is 0 Å². The fourth-order valence-electron chi connectivity index (χ4n) is 2.23. The molecule has 1 saturated heterocycles. The van der Waals surface area contributed by atoms with Gasteiger partial charge in [0, 0.05) is 18.8 Å². The highest BCUT2D eigenvalue weighted by molar-refractivity contribution is 7.91. The second-order valence-corrected chi connectivity index (χ2v) is 7.22. The van der Waals surface area contributed by atoms with Crippen LogP contribution in [0, 0.1) is 0 Å². The minimum atomic E-state index is -2.85. The largest absolute Gasteiger partial charge is 0.382 e. The van der Waals surface area contributed by atoms with Gasteiger partial charge < -0.3 is 14.8 Å². The molecule has 20 heavy (non-hydrogen) atoms. The van der Waals surface area contributed by atoms with Gasteiger partial charge in [-0.05, 0) is 24.1 Å². The van der Waals surface area contributed by atoms with E-state index in [0.717, 1.165) is 11.3 Å². The lowest BCUT2D eigenvalue weighted by molar-refractivity contribution is 0.0617. The number of sulfone groups is 1. The fraction of sp³-hybridized carbons (Fsp3) is 0.571. The van der Waals surface area contributed by atoms with Gasteiger partial charge in [0.05, 0.1) is 31.3 Å². The lowest BCUT2D eigenvalue weighted by Gasteiger charge is -2.13. The summed E-state index contributed by atoms with van der Waals surface area (Å²) >= 11 is 0. The van der Waals surface area contributed by atoms with Crippen LogP contribution in [0.25, 0.3) is 0 Å². The summed E-state index contributed by atoms with van der Waals surface area (Å²) in [4.78, 5) is 0. The van der Waals surface area contributed by atoms with E-state index in [-0.39, 0.29) is 17.5 Å². The van der Waals surface area contributed by atoms with E-state index in [2.05, 4.69) is 5.32 Å². The molecule has 1 aromatic rings. The molecule has 0 aliphatic carbocycles. The highest BCUT2D eigenvalue weighted by Crippen LogP contribution is 2.18. The van der Waals surface area contributed by atoms with E-state index >= 15 is 0 Å². The average molecular weight is 299 g/mol. The third-order valence-corrected chi connectivity index (χ3v) is 5.00. The Labute approximate surface area is 120 Å². The Bertz CT molecular complexity index is 530. The average Bonchev–Trinajstić information content (AvgIpc) is 2.74. The van der Waals surface area contributed by atoms with E-state index in [9.17, 15) is 8.42 Å². The second kappa shape index (κ2) is 7.06. The number of rotatable bonds is 7. The van der Waals surface area contributed by atoms with E-state index in [4.69, 9.17) is 9.47 Å². The summed E-state index contributed by atoms with van der Waals surface area (Å²) in [5.74, 6) is 0.506. The molecular weight excluding hydrogens is 278 g/mol. The first-order chi connectivity index (χ1) is 9.59. The van der Waals surface area contributed by atoms with Crippen LogP contribution in [0.4, 0.5) is 5.69 Å². The molecular formula is C14H21NO4S. The molecule has 0 radical (unpaired) electrons. The van der Waals surface area contributed by atoms with Crippen LogP contribution >= 0.6 is 0 Å². The zero-order valence-electron chi connectivity index (χ0n) is 11.7. The van der Waals surface area contributed by atoms with Crippen molar-refractivity contribution in [2.75, 3.05) is 37.1 Å². The molecule has 1 heterocycles. The molecule has 0 bridgehead atoms. The third kappa shape index (κ3) is 4.77. The monoisotopic (exact) mass is 299 g/mol. The van der Waals surface area contributed by atoms with Gasteiger partial charge in [-0.1, -0.05) is 12.1 Å². The van der Waals surface area contributed by atoms with Gasteiger partial charge in [-0.25, -0.2) is 8.42 Å². The summed E-state index contributed by atoms with van der Waals surface area (Å²) in [7, 11) is -1.20. The molecule has 0 amide bonds. The van der Waals surface area contributed by atoms with Crippen molar-refractivity contribution in [2.45, 2.75) is 19.1 Å². The van der Waals surface area contributed by atoms with Crippen LogP contribution in [0.2, 0.25) is 0 Å². The third-order valence-electron chi connectivity index (χ3n) is 3.23. The molecule has 1 aromatic carbocycles. The van der Waals surface area contributed by atoms with Crippen LogP contribution in [-0.2, 0) is 25.9 Å². The highest BCUT2D eigenvalue weighted by Gasteiger charge is 2.27. The van der Waals surface area contributed by atoms with Crippen molar-refractivity contribution in [3.05, 3.63) is 29.8 Å². The van der Waals surface area contributed by atoms with Crippen molar-refractivity contribution < 1.29 is 17.9 Å². The number of hydrogen-bond donors (Lipinski definition) is 1. The van der Waals surface area contributed by atoms with Gasteiger partial charge in [-0.15, -0.1) is 0 Å². The maximum absolute atomic E-state index is 11.4. The topological polar surface area (TPSA) is 64.6 Å². The highest BCUT2D eigenvalue weighted by atomic mass is 32.2. The van der Waals surface area contributed by atoms with Crippen LogP contribution in [0.1, 0.15) is 12.0 Å². The van der Waals surface area contributed by atoms with E-state index in [1.165, 1.54) is 0 Å². The molecule has 1 aliphatic heterocycles. The minimum Gasteiger partial charge on any atom is -0.382 e. The zero-order valence-corrected chi connectivity index (χ0v) is 12.5. The molecule has 1 unspecified atom stereocenters. The van der Waals surface area contributed by atoms with Gasteiger partial charge in [-0.2, -0.15) is 0 Å². The number of methoxy groups -OCH3 is 1. The van der Waals surface area contributed by atoms with Gasteiger partial charge in [0.15, 0.2) is 9.84 Å². The van der Waals surface area contributed by atoms with Gasteiger partial charge in [-0.3, -0.25) is 0 Å². The molecule has 0 aromatic heterocycles. The Balaban J connectivity index is 1.86. The van der Waals surface area contributed by atoms with Crippen molar-refractivity contribution in [1.82, 2.24) is 0 Å². The predicted octanol–water partition coefficient (Wildman–Crippen LogP) is 1.45. The van der Waals surface area contributed by atoms with Crippen molar-refractivity contribution in [3.63, 3.8) is 0 Å². The van der Waals surface area contributed by atoms with E-state index in [1.807, 2.05) is 24.3 Å². The zero-order chi connectivity index (χ0) is 14.4. The Kier molecular flexibility index (Phi) is 5.39. The lowest BCUT2D eigenvalue weighted by Crippen LogP contribution is -2.20. The molecule has 1 N–H and O–H groups in total. The van der Waals surface area contributed by atoms with Gasteiger partial charge in [0.1, 0.15) is 0 Å². The summed E-state index contributed by atoms with van der Waals surface area (Å²) in [5.41, 5.74) is 2.01. The van der Waals surface area contributed by atoms with Crippen LogP contribution in [0.15, 0.2) is 24.3 Å². The molecule has 2 rings (SSSR count). The van der Waals surface area contributed by atoms with Gasteiger partial charge in [0.2, 0.25) is 0 Å². The van der Waals surface area contributed by atoms with Crippen LogP contribution < -0.4 is 5.32 Å². The Morgan fingerprint density at radius 3 is 2.90 bits per heavy atom. The van der Waals surface area contributed by atoms with Crippen molar-refractivity contribution in [3.8, 4) is 0 Å². The first-order valence-corrected chi connectivity index (χ1v) is 8.54. The maximum Gasteiger partial charge on any atom is 0.152 e. The SMILES string of the molecule is COCCOCc1cccc(NC2CCS(=O)(=O)C2)c1. The van der Waals surface area contributed by atoms with Crippen LogP contribution in [-0.4, -0.2) is 46.3 Å². The Morgan fingerprint density at radius 2 is 2.20 bits per heavy atom. The second-order valence-electron chi connectivity index (χ2n) is 4.99. The van der Waals surface area contributed by atoms with Crippen molar-refractivity contribution in [1.29, 1.82) is 0 Å². The maximum atomic E-state index is 11.4. The fourth-order valence-corrected chi connectivity index (χ4v) is 3.90. The molecule has 112 valence electrons. The molecule has 0 saturated carbocycles. The predicted molar refractivity (Wildman–Crippen MR) is 78.7 cm³/mol. The molecule has 1 fully saturated rings. The van der Waals surface area contributed by atoms with E-state index in [1.54, 1.807) is 7.11 Å². The lowest BCUT2D eigenvalue weighted by atomic mass is 10.2. The summed E-state index contributed by atoms with van der Waals surface area (Å²) in [6, 6.07) is 7.90. The van der Waals surface area contributed by atoms with Crippen LogP contribution in [0.3, 0.4) is 0 Å². The number of hydrogen-bond acceptors (Lipinski definition) is 5. The summed E-state index contributed by atoms with van der Waals surface area (Å²) in [5, 5.41) is 3.28. The first-order valence-electron chi connectivity index (χ1n) is 6.72.